The van der Waals surface area contributed by atoms with Gasteiger partial charge in [0, 0.05) is 12.6 Å². The van der Waals surface area contributed by atoms with Crippen LogP contribution in [0.2, 0.25) is 0 Å². The third-order valence-corrected chi connectivity index (χ3v) is 3.58. The normalized spacial score (nSPS) is 19.5. The molecule has 16 heavy (non-hydrogen) atoms. The predicted octanol–water partition coefficient (Wildman–Crippen LogP) is 1.63. The number of fused-ring (bicyclic) bond motifs is 1. The molecule has 3 rings (SSSR count). The maximum atomic E-state index is 3.57. The van der Waals surface area contributed by atoms with Crippen molar-refractivity contribution in [3.05, 3.63) is 34.9 Å². The van der Waals surface area contributed by atoms with E-state index in [-0.39, 0.29) is 0 Å². The molecule has 1 fully saturated rings. The van der Waals surface area contributed by atoms with Crippen LogP contribution in [0.3, 0.4) is 0 Å². The van der Waals surface area contributed by atoms with E-state index in [4.69, 9.17) is 0 Å². The van der Waals surface area contributed by atoms with E-state index in [1.807, 2.05) is 0 Å². The van der Waals surface area contributed by atoms with Gasteiger partial charge in [0.15, 0.2) is 0 Å². The van der Waals surface area contributed by atoms with Gasteiger partial charge in [-0.3, -0.25) is 0 Å². The van der Waals surface area contributed by atoms with E-state index in [1.54, 1.807) is 5.56 Å². The molecule has 1 heterocycles. The third-order valence-electron chi connectivity index (χ3n) is 3.58. The van der Waals surface area contributed by atoms with Crippen molar-refractivity contribution in [2.24, 2.45) is 0 Å². The molecular weight excluding hydrogens is 196 g/mol. The van der Waals surface area contributed by atoms with Gasteiger partial charge in [-0.05, 0) is 55.5 Å². The Morgan fingerprint density at radius 2 is 2.19 bits per heavy atom. The smallest absolute Gasteiger partial charge is 0.0208 e. The third kappa shape index (κ3) is 2.45. The van der Waals surface area contributed by atoms with Gasteiger partial charge in [0.25, 0.3) is 0 Å². The highest BCUT2D eigenvalue weighted by molar-refractivity contribution is 5.33. The summed E-state index contributed by atoms with van der Waals surface area (Å²) in [6.45, 7) is 3.33. The minimum absolute atomic E-state index is 0.835. The summed E-state index contributed by atoms with van der Waals surface area (Å²) in [6.07, 6.45) is 5.14. The molecule has 1 aliphatic carbocycles. The highest BCUT2D eigenvalue weighted by Crippen LogP contribution is 2.19. The van der Waals surface area contributed by atoms with E-state index in [0.717, 1.165) is 25.7 Å². The van der Waals surface area contributed by atoms with Crippen LogP contribution in [0, 0.1) is 0 Å². The largest absolute Gasteiger partial charge is 0.314 e. The maximum absolute atomic E-state index is 3.57. The van der Waals surface area contributed by atoms with Crippen LogP contribution in [0.25, 0.3) is 0 Å². The first kappa shape index (κ1) is 10.3. The van der Waals surface area contributed by atoms with E-state index in [9.17, 15) is 0 Å². The molecule has 1 aromatic rings. The lowest BCUT2D eigenvalue weighted by Crippen LogP contribution is -2.24. The molecule has 0 radical (unpaired) electrons. The SMILES string of the molecule is c1cc2c(cc1CCNC1CC1)CCNC2. The molecule has 1 aliphatic heterocycles. The van der Waals surface area contributed by atoms with Crippen molar-refractivity contribution in [1.29, 1.82) is 0 Å². The van der Waals surface area contributed by atoms with Gasteiger partial charge >= 0.3 is 0 Å². The summed E-state index contributed by atoms with van der Waals surface area (Å²) in [4.78, 5) is 0. The van der Waals surface area contributed by atoms with Crippen molar-refractivity contribution >= 4 is 0 Å². The second-order valence-corrected chi connectivity index (χ2v) is 5.01. The standard InChI is InChI=1S/C14H20N2/c1-2-13-10-15-7-6-12(13)9-11(1)5-8-16-14-3-4-14/h1-2,9,14-16H,3-8,10H2. The van der Waals surface area contributed by atoms with Crippen LogP contribution in [-0.2, 0) is 19.4 Å². The van der Waals surface area contributed by atoms with Gasteiger partial charge in [-0.15, -0.1) is 0 Å². The fourth-order valence-electron chi connectivity index (χ4n) is 2.39. The first-order chi connectivity index (χ1) is 7.92. The van der Waals surface area contributed by atoms with Crippen molar-refractivity contribution in [3.8, 4) is 0 Å². The van der Waals surface area contributed by atoms with Gasteiger partial charge in [-0.2, -0.15) is 0 Å². The van der Waals surface area contributed by atoms with Crippen molar-refractivity contribution in [3.63, 3.8) is 0 Å². The van der Waals surface area contributed by atoms with Gasteiger partial charge in [0.05, 0.1) is 0 Å². The molecule has 1 aromatic carbocycles. The van der Waals surface area contributed by atoms with Crippen LogP contribution in [0.15, 0.2) is 18.2 Å². The molecule has 0 saturated heterocycles. The van der Waals surface area contributed by atoms with Crippen LogP contribution >= 0.6 is 0 Å². The molecule has 86 valence electrons. The molecule has 1 saturated carbocycles. The Morgan fingerprint density at radius 3 is 3.06 bits per heavy atom. The summed E-state index contributed by atoms with van der Waals surface area (Å²) in [5.74, 6) is 0. The van der Waals surface area contributed by atoms with Crippen LogP contribution in [0.5, 0.6) is 0 Å². The fraction of sp³-hybridized carbons (Fsp3) is 0.571. The Labute approximate surface area is 97.4 Å². The molecule has 0 bridgehead atoms. The maximum Gasteiger partial charge on any atom is 0.0208 e. The number of hydrogen-bond donors (Lipinski definition) is 2. The van der Waals surface area contributed by atoms with Crippen LogP contribution in [0.1, 0.15) is 29.5 Å². The Kier molecular flexibility index (Phi) is 2.94. The van der Waals surface area contributed by atoms with Crippen LogP contribution < -0.4 is 10.6 Å². The predicted molar refractivity (Wildman–Crippen MR) is 66.6 cm³/mol. The van der Waals surface area contributed by atoms with E-state index < -0.39 is 0 Å². The average molecular weight is 216 g/mol. The molecule has 2 N–H and O–H groups in total. The topological polar surface area (TPSA) is 24.1 Å². The van der Waals surface area contributed by atoms with E-state index in [2.05, 4.69) is 28.8 Å². The number of rotatable bonds is 4. The fourth-order valence-corrected chi connectivity index (χ4v) is 2.39. The van der Waals surface area contributed by atoms with Crippen molar-refractivity contribution in [2.75, 3.05) is 13.1 Å². The Hall–Kier alpha value is -0.860. The summed E-state index contributed by atoms with van der Waals surface area (Å²) in [7, 11) is 0. The van der Waals surface area contributed by atoms with Gasteiger partial charge in [0.2, 0.25) is 0 Å². The van der Waals surface area contributed by atoms with Crippen LogP contribution in [-0.4, -0.2) is 19.1 Å². The number of hydrogen-bond acceptors (Lipinski definition) is 2. The van der Waals surface area contributed by atoms with Crippen LogP contribution in [0.4, 0.5) is 0 Å². The minimum Gasteiger partial charge on any atom is -0.314 e. The van der Waals surface area contributed by atoms with Crippen molar-refractivity contribution in [1.82, 2.24) is 10.6 Å². The lowest BCUT2D eigenvalue weighted by atomic mass is 9.97. The number of benzene rings is 1. The molecular formula is C14H20N2. The molecule has 2 aliphatic rings. The number of nitrogens with one attached hydrogen (secondary N) is 2. The molecule has 0 amide bonds. The quantitative estimate of drug-likeness (QED) is 0.799. The lowest BCUT2D eigenvalue weighted by Gasteiger charge is -2.17. The van der Waals surface area contributed by atoms with E-state index in [0.29, 0.717) is 0 Å². The van der Waals surface area contributed by atoms with Crippen molar-refractivity contribution in [2.45, 2.75) is 38.3 Å². The summed E-state index contributed by atoms with van der Waals surface area (Å²) in [5.41, 5.74) is 4.54. The molecule has 0 unspecified atom stereocenters. The summed E-state index contributed by atoms with van der Waals surface area (Å²) in [6, 6.07) is 7.83. The van der Waals surface area contributed by atoms with E-state index >= 15 is 0 Å². The van der Waals surface area contributed by atoms with E-state index in [1.165, 1.54) is 36.8 Å². The van der Waals surface area contributed by atoms with Gasteiger partial charge < -0.3 is 10.6 Å². The molecule has 0 aromatic heterocycles. The van der Waals surface area contributed by atoms with Gasteiger partial charge in [-0.25, -0.2) is 0 Å². The summed E-state index contributed by atoms with van der Waals surface area (Å²) < 4.78 is 0. The Balaban J connectivity index is 1.60. The average Bonchev–Trinajstić information content (AvgIpc) is 3.13. The first-order valence-electron chi connectivity index (χ1n) is 6.46. The molecule has 0 spiro atoms. The Morgan fingerprint density at radius 1 is 1.25 bits per heavy atom. The minimum atomic E-state index is 0.835. The lowest BCUT2D eigenvalue weighted by molar-refractivity contribution is 0.641. The summed E-state index contributed by atoms with van der Waals surface area (Å²) in [5, 5.41) is 6.99. The molecule has 0 atom stereocenters. The highest BCUT2D eigenvalue weighted by Gasteiger charge is 2.19. The molecule has 2 heteroatoms. The zero-order valence-electron chi connectivity index (χ0n) is 9.76. The zero-order chi connectivity index (χ0) is 10.8. The van der Waals surface area contributed by atoms with Crippen molar-refractivity contribution < 1.29 is 0 Å². The first-order valence-corrected chi connectivity index (χ1v) is 6.46. The van der Waals surface area contributed by atoms with Gasteiger partial charge in [-0.1, -0.05) is 18.2 Å². The monoisotopic (exact) mass is 216 g/mol. The molecule has 2 nitrogen and oxygen atoms in total. The van der Waals surface area contributed by atoms with Gasteiger partial charge in [0.1, 0.15) is 0 Å². The Bertz CT molecular complexity index is 369. The zero-order valence-corrected chi connectivity index (χ0v) is 9.76. The second-order valence-electron chi connectivity index (χ2n) is 5.01. The summed E-state index contributed by atoms with van der Waals surface area (Å²) >= 11 is 0. The second kappa shape index (κ2) is 4.56. The highest BCUT2D eigenvalue weighted by atomic mass is 14.9.